The molecule has 10 nitrogen and oxygen atoms in total. The highest BCUT2D eigenvalue weighted by Crippen LogP contribution is 2.35. The van der Waals surface area contributed by atoms with Gasteiger partial charge in [-0.25, -0.2) is 27.8 Å². The van der Waals surface area contributed by atoms with Gasteiger partial charge in [0.05, 0.1) is 30.3 Å². The highest BCUT2D eigenvalue weighted by molar-refractivity contribution is 7.90. The van der Waals surface area contributed by atoms with Crippen LogP contribution in [-0.4, -0.2) is 66.5 Å². The Morgan fingerprint density at radius 1 is 1.16 bits per heavy atom. The number of halogens is 4. The van der Waals surface area contributed by atoms with E-state index in [4.69, 9.17) is 9.47 Å². The van der Waals surface area contributed by atoms with Gasteiger partial charge in [0.2, 0.25) is 21.3 Å². The van der Waals surface area contributed by atoms with E-state index in [9.17, 15) is 30.8 Å². The van der Waals surface area contributed by atoms with Crippen LogP contribution in [0.15, 0.2) is 41.7 Å². The van der Waals surface area contributed by atoms with Gasteiger partial charge in [-0.15, -0.1) is 0 Å². The Morgan fingerprint density at radius 3 is 2.41 bits per heavy atom. The fraction of sp³-hybridized carbons (Fsp3) is 0.364. The van der Waals surface area contributed by atoms with Crippen molar-refractivity contribution in [1.82, 2.24) is 25.3 Å². The summed E-state index contributed by atoms with van der Waals surface area (Å²) in [7, 11) is -3.72. The highest BCUT2D eigenvalue weighted by atomic mass is 32.2. The minimum absolute atomic E-state index is 0.0660. The number of carbonyl (C=O) groups excluding carboxylic acids is 1. The molecule has 0 aliphatic carbocycles. The summed E-state index contributed by atoms with van der Waals surface area (Å²) in [5.41, 5.74) is 0.305. The van der Waals surface area contributed by atoms with Crippen LogP contribution in [0.25, 0.3) is 22.6 Å². The zero-order valence-electron chi connectivity index (χ0n) is 19.5. The molecule has 0 spiro atoms. The first kappa shape index (κ1) is 26.6. The van der Waals surface area contributed by atoms with Crippen molar-refractivity contribution < 1.29 is 40.2 Å². The van der Waals surface area contributed by atoms with Crippen LogP contribution in [0.1, 0.15) is 19.0 Å². The van der Waals surface area contributed by atoms with E-state index in [1.807, 2.05) is 5.32 Å². The first-order valence-corrected chi connectivity index (χ1v) is 12.6. The summed E-state index contributed by atoms with van der Waals surface area (Å²) in [5, 5.41) is 1.42. The molecule has 4 rings (SSSR count). The molecule has 2 N–H and O–H groups in total. The van der Waals surface area contributed by atoms with Gasteiger partial charge >= 0.3 is 12.1 Å². The standard InChI is InChI=1S/C22H21F4N5O5S/c1-21(9-28-19(32)22(24,25)26)10-35-18(36-11-21)17-30-15(12-3-5-13(23)6-4-12)16(31-17)14-7-8-27-20(29-14)37(2,33)34/h3-8,18H,9-11H2,1-2H3,(H,28,32)(H,30,31). The van der Waals surface area contributed by atoms with Crippen molar-refractivity contribution in [3.8, 4) is 22.6 Å². The summed E-state index contributed by atoms with van der Waals surface area (Å²) < 4.78 is 86.3. The van der Waals surface area contributed by atoms with Crippen LogP contribution in [0.2, 0.25) is 0 Å². The number of aromatic nitrogens is 4. The Labute approximate surface area is 208 Å². The van der Waals surface area contributed by atoms with Crippen LogP contribution in [0.3, 0.4) is 0 Å². The topological polar surface area (TPSA) is 136 Å². The van der Waals surface area contributed by atoms with E-state index >= 15 is 0 Å². The third kappa shape index (κ3) is 6.11. The summed E-state index contributed by atoms with van der Waals surface area (Å²) in [6.45, 7) is 1.12. The van der Waals surface area contributed by atoms with E-state index < -0.39 is 44.6 Å². The second-order valence-corrected chi connectivity index (χ2v) is 10.7. The molecule has 0 bridgehead atoms. The summed E-state index contributed by atoms with van der Waals surface area (Å²) in [6, 6.07) is 6.86. The van der Waals surface area contributed by atoms with E-state index in [1.54, 1.807) is 6.92 Å². The van der Waals surface area contributed by atoms with Gasteiger partial charge < -0.3 is 19.8 Å². The van der Waals surface area contributed by atoms with Gasteiger partial charge in [0.15, 0.2) is 5.82 Å². The molecule has 1 aliphatic rings. The van der Waals surface area contributed by atoms with Crippen LogP contribution in [-0.2, 0) is 24.1 Å². The predicted octanol–water partition coefficient (Wildman–Crippen LogP) is 2.81. The number of amides is 1. The first-order chi connectivity index (χ1) is 17.2. The summed E-state index contributed by atoms with van der Waals surface area (Å²) in [6.07, 6.45) is -3.84. The number of carbonyl (C=O) groups is 1. The molecule has 0 unspecified atom stereocenters. The molecule has 198 valence electrons. The third-order valence-corrected chi connectivity index (χ3v) is 6.24. The van der Waals surface area contributed by atoms with E-state index in [0.717, 1.165) is 6.26 Å². The smallest absolute Gasteiger partial charge is 0.348 e. The Balaban J connectivity index is 1.61. The van der Waals surface area contributed by atoms with Crippen molar-refractivity contribution in [1.29, 1.82) is 0 Å². The van der Waals surface area contributed by atoms with Gasteiger partial charge in [-0.2, -0.15) is 13.2 Å². The van der Waals surface area contributed by atoms with Crippen LogP contribution in [0.4, 0.5) is 17.6 Å². The molecule has 15 heteroatoms. The maximum absolute atomic E-state index is 13.5. The fourth-order valence-corrected chi connectivity index (χ4v) is 3.98. The molecule has 1 fully saturated rings. The third-order valence-electron chi connectivity index (χ3n) is 5.38. The maximum Gasteiger partial charge on any atom is 0.471 e. The van der Waals surface area contributed by atoms with Crippen molar-refractivity contribution in [3.63, 3.8) is 0 Å². The number of nitrogens with one attached hydrogen (secondary N) is 2. The van der Waals surface area contributed by atoms with E-state index in [2.05, 4.69) is 19.9 Å². The number of rotatable bonds is 6. The Bertz CT molecular complexity index is 1400. The van der Waals surface area contributed by atoms with Gasteiger partial charge in [-0.3, -0.25) is 4.79 Å². The van der Waals surface area contributed by atoms with Crippen LogP contribution in [0.5, 0.6) is 0 Å². The molecule has 0 saturated carbocycles. The van der Waals surface area contributed by atoms with Crippen molar-refractivity contribution in [3.05, 3.63) is 48.2 Å². The second kappa shape index (κ2) is 9.79. The molecule has 0 radical (unpaired) electrons. The SMILES string of the molecule is CC1(CNC(=O)C(F)(F)F)COC(c2nc(-c3ccc(F)cc3)c(-c3ccnc(S(C)(=O)=O)n3)[nH]2)OC1. The zero-order valence-corrected chi connectivity index (χ0v) is 20.3. The normalized spacial score (nSPS) is 20.5. The molecule has 1 saturated heterocycles. The number of hydrogen-bond acceptors (Lipinski definition) is 8. The number of alkyl halides is 3. The van der Waals surface area contributed by atoms with E-state index in [0.29, 0.717) is 11.3 Å². The number of benzene rings is 1. The lowest BCUT2D eigenvalue weighted by molar-refractivity contribution is -0.233. The monoisotopic (exact) mass is 543 g/mol. The zero-order chi connectivity index (χ0) is 27.0. The second-order valence-electron chi connectivity index (χ2n) is 8.79. The molecular weight excluding hydrogens is 522 g/mol. The average molecular weight is 543 g/mol. The van der Waals surface area contributed by atoms with Crippen molar-refractivity contribution in [2.24, 2.45) is 5.41 Å². The molecule has 3 aromatic rings. The summed E-state index contributed by atoms with van der Waals surface area (Å²) in [4.78, 5) is 26.5. The van der Waals surface area contributed by atoms with Gasteiger partial charge in [0.1, 0.15) is 5.82 Å². The van der Waals surface area contributed by atoms with Gasteiger partial charge in [0.25, 0.3) is 0 Å². The number of aromatic amines is 1. The lowest BCUT2D eigenvalue weighted by Crippen LogP contribution is -2.48. The predicted molar refractivity (Wildman–Crippen MR) is 120 cm³/mol. The summed E-state index contributed by atoms with van der Waals surface area (Å²) in [5.74, 6) is -2.37. The minimum atomic E-state index is -5.01. The molecule has 2 aromatic heterocycles. The molecule has 37 heavy (non-hydrogen) atoms. The molecular formula is C22H21F4N5O5S. The van der Waals surface area contributed by atoms with Crippen molar-refractivity contribution >= 4 is 15.7 Å². The molecule has 3 heterocycles. The van der Waals surface area contributed by atoms with Gasteiger partial charge in [-0.1, -0.05) is 6.92 Å². The minimum Gasteiger partial charge on any atom is -0.348 e. The molecule has 1 aliphatic heterocycles. The molecule has 0 atom stereocenters. The lowest BCUT2D eigenvalue weighted by Gasteiger charge is -2.36. The van der Waals surface area contributed by atoms with Gasteiger partial charge in [-0.05, 0) is 30.3 Å². The fourth-order valence-electron chi connectivity index (χ4n) is 3.46. The quantitative estimate of drug-likeness (QED) is 0.358. The Hall–Kier alpha value is -3.43. The largest absolute Gasteiger partial charge is 0.471 e. The lowest BCUT2D eigenvalue weighted by atomic mass is 9.92. The molecule has 1 aromatic carbocycles. The van der Waals surface area contributed by atoms with E-state index in [-0.39, 0.29) is 37.0 Å². The van der Waals surface area contributed by atoms with Gasteiger partial charge in [0, 0.05) is 30.0 Å². The number of hydrogen-bond donors (Lipinski definition) is 2. The van der Waals surface area contributed by atoms with Crippen molar-refractivity contribution in [2.75, 3.05) is 26.0 Å². The number of H-pyrrole nitrogens is 1. The van der Waals surface area contributed by atoms with Crippen molar-refractivity contribution in [2.45, 2.75) is 24.5 Å². The Kier molecular flexibility index (Phi) is 7.05. The van der Waals surface area contributed by atoms with Crippen LogP contribution >= 0.6 is 0 Å². The maximum atomic E-state index is 13.5. The number of imidazole rings is 1. The van der Waals surface area contributed by atoms with E-state index in [1.165, 1.54) is 36.5 Å². The first-order valence-electron chi connectivity index (χ1n) is 10.7. The number of sulfone groups is 1. The van der Waals surface area contributed by atoms with Crippen LogP contribution in [0, 0.1) is 11.2 Å². The van der Waals surface area contributed by atoms with Crippen LogP contribution < -0.4 is 5.32 Å². The Morgan fingerprint density at radius 2 is 1.81 bits per heavy atom. The number of ether oxygens (including phenoxy) is 2. The highest BCUT2D eigenvalue weighted by Gasteiger charge is 2.41. The summed E-state index contributed by atoms with van der Waals surface area (Å²) >= 11 is 0. The number of nitrogens with zero attached hydrogens (tertiary/aromatic N) is 3. The average Bonchev–Trinajstić information content (AvgIpc) is 3.28. The molecule has 1 amide bonds.